The second-order valence-corrected chi connectivity index (χ2v) is 26.9. The van der Waals surface area contributed by atoms with E-state index in [0.29, 0.717) is 50.6 Å². The van der Waals surface area contributed by atoms with Gasteiger partial charge in [-0.2, -0.15) is 0 Å². The van der Waals surface area contributed by atoms with E-state index in [-0.39, 0.29) is 102 Å². The number of carboxylic acid groups (broad SMARTS) is 3. The van der Waals surface area contributed by atoms with Crippen molar-refractivity contribution in [1.29, 1.82) is 0 Å². The lowest BCUT2D eigenvalue weighted by Gasteiger charge is -2.17. The molecule has 0 radical (unpaired) electrons. The van der Waals surface area contributed by atoms with E-state index in [1.54, 1.807) is 13.8 Å². The highest BCUT2D eigenvalue weighted by molar-refractivity contribution is 7.59. The van der Waals surface area contributed by atoms with Gasteiger partial charge in [0.15, 0.2) is 0 Å². The number of carbonyl (C=O) groups is 9. The van der Waals surface area contributed by atoms with Gasteiger partial charge in [0.05, 0.1) is 39.6 Å². The van der Waals surface area contributed by atoms with Crippen LogP contribution in [0, 0.1) is 0 Å². The summed E-state index contributed by atoms with van der Waals surface area (Å²) in [5.74, 6) is -3.67. The van der Waals surface area contributed by atoms with Gasteiger partial charge in [0.1, 0.15) is 0 Å². The van der Waals surface area contributed by atoms with E-state index in [0.717, 1.165) is 88.3 Å². The summed E-state index contributed by atoms with van der Waals surface area (Å²) in [6.45, 7) is 10.9. The van der Waals surface area contributed by atoms with E-state index < -0.39 is 57.7 Å². The first kappa shape index (κ1) is 87.6. The number of unbranched alkanes of at least 4 members (excludes halogenated alkanes) is 3. The largest absolute Gasteiger partial charge is 0.481 e. The predicted molar refractivity (Wildman–Crippen MR) is 299 cm³/mol. The molecule has 0 saturated heterocycles. The molecule has 0 aliphatic heterocycles. The maximum Gasteiger partial charge on any atom is 0.425 e. The van der Waals surface area contributed by atoms with Crippen LogP contribution in [0.5, 0.6) is 0 Å². The molecule has 3 atom stereocenters. The van der Waals surface area contributed by atoms with Crippen LogP contribution in [0.3, 0.4) is 0 Å². The number of rotatable bonds is 39. The quantitative estimate of drug-likeness (QED) is 0.0273. The van der Waals surface area contributed by atoms with E-state index in [2.05, 4.69) is 14.2 Å². The van der Waals surface area contributed by atoms with Gasteiger partial charge in [0.2, 0.25) is 0 Å². The fourth-order valence-corrected chi connectivity index (χ4v) is 13.5. The van der Waals surface area contributed by atoms with E-state index in [9.17, 15) is 43.2 Å². The number of carboxylic acids is 3. The minimum Gasteiger partial charge on any atom is -0.481 e. The second-order valence-electron chi connectivity index (χ2n) is 17.6. The van der Waals surface area contributed by atoms with Gasteiger partial charge in [0.25, 0.3) is 0 Å². The maximum atomic E-state index is 11.6. The highest BCUT2D eigenvalue weighted by atomic mass is 32.2. The number of methoxy groups -OCH3 is 3. The Labute approximate surface area is 484 Å². The predicted octanol–water partition coefficient (Wildman–Crippen LogP) is 6.04. The molecule has 3 N–H and O–H groups in total. The van der Waals surface area contributed by atoms with E-state index >= 15 is 0 Å². The topological polar surface area (TPSA) is 423 Å². The summed E-state index contributed by atoms with van der Waals surface area (Å²) in [6, 6.07) is 0. The Morgan fingerprint density at radius 3 is 0.802 bits per heavy atom. The lowest BCUT2D eigenvalue weighted by molar-refractivity contribution is -0.148. The van der Waals surface area contributed by atoms with Gasteiger partial charge in [-0.15, -0.1) is 61.6 Å². The third-order valence-electron chi connectivity index (χ3n) is 9.59. The van der Waals surface area contributed by atoms with Crippen LogP contribution in [-0.4, -0.2) is 202 Å². The Bertz CT molecular complexity index is 2020. The molecule has 0 aromatic carbocycles. The molecule has 0 rings (SSSR count). The summed E-state index contributed by atoms with van der Waals surface area (Å²) in [7, 11) is -6.43. The smallest absolute Gasteiger partial charge is 0.425 e. The number of hydrogen-bond acceptors (Lipinski definition) is 24. The molecule has 33 heteroatoms. The summed E-state index contributed by atoms with van der Waals surface area (Å²) < 4.78 is 105. The zero-order valence-corrected chi connectivity index (χ0v) is 53.2. The molecule has 0 fully saturated rings. The molecule has 81 heavy (non-hydrogen) atoms. The second kappa shape index (κ2) is 61.5. The van der Waals surface area contributed by atoms with E-state index in [1.165, 1.54) is 21.3 Å². The molecule has 0 aromatic heterocycles. The summed E-state index contributed by atoms with van der Waals surface area (Å²) >= 11 is 0. The number of carbonyl (C=O) groups excluding carboxylic acids is 6. The van der Waals surface area contributed by atoms with Crippen molar-refractivity contribution >= 4 is 109 Å². The molecule has 3 unspecified atom stereocenters. The third-order valence-corrected chi connectivity index (χ3v) is 17.9. The van der Waals surface area contributed by atoms with Gasteiger partial charge in [-0.1, -0.05) is 0 Å². The standard InChI is InChI=1S/C19H35O6P.C16H29O6P.C13H23O6P.3O3S/c1-16(2)25-19(23)12-6-9-15-26(13-7-4-10-17(20)21)14-8-5-11-18(22)24-3;1-13(2)22-16(20)9-6-12-23(10-4-7-14(17)18)11-5-8-15(19)21-3;1-10(2)19-13(17)6-9-20(7-4-11(14)15)8-5-12(16)18-3;3*1-4(2)3/h16H,4-15H2,1-3H3,(H,20,21);13H,4-12H2,1-3H3,(H,17,18);10H,4-9H2,1-3H3,(H,14,15);;;. The van der Waals surface area contributed by atoms with Crippen LogP contribution in [0.15, 0.2) is 0 Å². The van der Waals surface area contributed by atoms with Crippen LogP contribution in [0.1, 0.15) is 157 Å². The number of ether oxygens (including phenoxy) is 6. The van der Waals surface area contributed by atoms with E-state index in [4.69, 9.17) is 67.4 Å². The van der Waals surface area contributed by atoms with Gasteiger partial charge < -0.3 is 43.7 Å². The fraction of sp³-hybridized carbons (Fsp3) is 0.812. The molecule has 474 valence electrons. The Morgan fingerprint density at radius 1 is 0.296 bits per heavy atom. The summed E-state index contributed by atoms with van der Waals surface area (Å²) in [5.41, 5.74) is 0. The average Bonchev–Trinajstić information content (AvgIpc) is 3.33. The zero-order valence-electron chi connectivity index (χ0n) is 48.0. The van der Waals surface area contributed by atoms with Crippen molar-refractivity contribution in [3.05, 3.63) is 0 Å². The SMILES string of the molecule is COC(=O)CCCCP(CCCCC(=O)O)CCCCC(=O)OC(C)C.COC(=O)CCCP(CCCC(=O)O)CCCC(=O)OC(C)C.COC(=O)CCP(CCC(=O)O)CCC(=O)OC(C)C.O=S(=O)=O.O=S(=O)=O.O=S(=O)=O. The Balaban J connectivity index is -0.000000237. The molecule has 27 nitrogen and oxygen atoms in total. The van der Waals surface area contributed by atoms with Gasteiger partial charge in [-0.05, 0) is 155 Å². The molecule has 0 heterocycles. The molecule has 0 spiro atoms. The molecular formula is C48H87O27P3S3. The van der Waals surface area contributed by atoms with Crippen LogP contribution in [-0.2, 0) is 103 Å². The summed E-state index contributed by atoms with van der Waals surface area (Å²) in [6.07, 6.45) is 17.5. The monoisotopic (exact) mass is 1280 g/mol. The highest BCUT2D eigenvalue weighted by Crippen LogP contribution is 2.40. The van der Waals surface area contributed by atoms with Crippen LogP contribution >= 0.6 is 23.8 Å². The number of hydrogen-bond donors (Lipinski definition) is 3. The fourth-order valence-electron chi connectivity index (χ4n) is 6.20. The maximum absolute atomic E-state index is 11.6. The van der Waals surface area contributed by atoms with Crippen molar-refractivity contribution in [3.8, 4) is 0 Å². The molecule has 0 bridgehead atoms. The average molecular weight is 1290 g/mol. The number of aliphatic carboxylic acids is 3. The van der Waals surface area contributed by atoms with Gasteiger partial charge >= 0.3 is 85.5 Å². The van der Waals surface area contributed by atoms with Crippen LogP contribution in [0.25, 0.3) is 0 Å². The lowest BCUT2D eigenvalue weighted by Crippen LogP contribution is -2.13. The van der Waals surface area contributed by atoms with Crippen LogP contribution in [0.4, 0.5) is 0 Å². The first-order valence-electron chi connectivity index (χ1n) is 25.7. The number of esters is 6. The van der Waals surface area contributed by atoms with Crippen molar-refractivity contribution in [2.45, 2.75) is 175 Å². The van der Waals surface area contributed by atoms with Gasteiger partial charge in [-0.25, -0.2) is 0 Å². The zero-order chi connectivity index (χ0) is 63.7. The normalized spacial score (nSPS) is 11.1. The summed E-state index contributed by atoms with van der Waals surface area (Å²) in [4.78, 5) is 99.8. The Hall–Kier alpha value is -4.62. The molecule has 0 aliphatic carbocycles. The van der Waals surface area contributed by atoms with Crippen molar-refractivity contribution in [2.75, 3.05) is 76.8 Å². The van der Waals surface area contributed by atoms with Crippen LogP contribution in [0.2, 0.25) is 0 Å². The van der Waals surface area contributed by atoms with Crippen molar-refractivity contribution in [1.82, 2.24) is 0 Å². The molecule has 0 saturated carbocycles. The van der Waals surface area contributed by atoms with Gasteiger partial charge in [0, 0.05) is 57.8 Å². The van der Waals surface area contributed by atoms with E-state index in [1.807, 2.05) is 27.7 Å². The Morgan fingerprint density at radius 2 is 0.494 bits per heavy atom. The minimum absolute atomic E-state index is 0.0616. The molecule has 0 aliphatic rings. The minimum atomic E-state index is -3.11. The first-order chi connectivity index (χ1) is 37.7. The molecular weight excluding hydrogens is 1200 g/mol. The molecule has 0 aromatic rings. The van der Waals surface area contributed by atoms with Crippen molar-refractivity contribution < 1.29 is 125 Å². The lowest BCUT2D eigenvalue weighted by atomic mass is 10.2. The van der Waals surface area contributed by atoms with Crippen molar-refractivity contribution in [2.24, 2.45) is 0 Å². The first-order valence-corrected chi connectivity index (χ1v) is 34.3. The summed E-state index contributed by atoms with van der Waals surface area (Å²) in [5, 5.41) is 26.2. The van der Waals surface area contributed by atoms with Crippen molar-refractivity contribution in [3.63, 3.8) is 0 Å². The third kappa shape index (κ3) is 89.4. The van der Waals surface area contributed by atoms with Gasteiger partial charge in [-0.3, -0.25) is 43.2 Å². The molecule has 0 amide bonds. The Kier molecular flexibility index (Phi) is 66.5. The highest BCUT2D eigenvalue weighted by Gasteiger charge is 2.17. The van der Waals surface area contributed by atoms with Crippen LogP contribution < -0.4 is 0 Å².